The zero-order chi connectivity index (χ0) is 11.7. The molecule has 1 aliphatic heterocycles. The van der Waals surface area contributed by atoms with Gasteiger partial charge in [0, 0.05) is 16.6 Å². The average molecular weight is 301 g/mol. The molecule has 1 aromatic carbocycles. The molecule has 0 radical (unpaired) electrons. The molecule has 6 heteroatoms. The van der Waals surface area contributed by atoms with E-state index in [1.807, 2.05) is 18.2 Å². The van der Waals surface area contributed by atoms with Crippen molar-refractivity contribution in [1.29, 1.82) is 0 Å². The smallest absolute Gasteiger partial charge is 0.405 e. The minimum Gasteiger partial charge on any atom is -0.465 e. The largest absolute Gasteiger partial charge is 0.465 e. The van der Waals surface area contributed by atoms with Crippen LogP contribution in [0.15, 0.2) is 22.7 Å². The molecular weight excluding hydrogens is 292 g/mol. The summed E-state index contributed by atoms with van der Waals surface area (Å²) in [5.41, 5.74) is 1.98. The Balaban J connectivity index is 2.26. The Labute approximate surface area is 106 Å². The number of hydrogen-bond acceptors (Lipinski definition) is 2. The van der Waals surface area contributed by atoms with Crippen LogP contribution in [0, 0.1) is 0 Å². The topological polar surface area (TPSA) is 61.4 Å². The van der Waals surface area contributed by atoms with Crippen LogP contribution in [0.4, 0.5) is 10.5 Å². The van der Waals surface area contributed by atoms with Crippen molar-refractivity contribution in [3.8, 4) is 0 Å². The SMILES string of the molecule is O=C(O)N[C@H]1Cc2cc(Br)ccc2NC1=S. The highest BCUT2D eigenvalue weighted by atomic mass is 79.9. The molecule has 4 nitrogen and oxygen atoms in total. The number of fused-ring (bicyclic) bond motifs is 1. The molecule has 1 atom stereocenters. The predicted octanol–water partition coefficient (Wildman–Crippen LogP) is 2.38. The number of amides is 1. The van der Waals surface area contributed by atoms with E-state index in [1.165, 1.54) is 0 Å². The molecule has 1 aromatic rings. The molecule has 1 heterocycles. The highest BCUT2D eigenvalue weighted by molar-refractivity contribution is 9.10. The van der Waals surface area contributed by atoms with Gasteiger partial charge in [-0.3, -0.25) is 0 Å². The summed E-state index contributed by atoms with van der Waals surface area (Å²) >= 11 is 8.48. The Hall–Kier alpha value is -1.14. The molecule has 0 aromatic heterocycles. The summed E-state index contributed by atoms with van der Waals surface area (Å²) in [4.78, 5) is 11.1. The summed E-state index contributed by atoms with van der Waals surface area (Å²) in [5.74, 6) is 0. The standard InChI is InChI=1S/C10H9BrN2O2S/c11-6-1-2-7-5(3-6)4-8(9(16)12-7)13-10(14)15/h1-3,8,13H,4H2,(H,12,16)(H,14,15)/t8-/m0/s1. The number of rotatable bonds is 1. The van der Waals surface area contributed by atoms with Gasteiger partial charge in [-0.2, -0.15) is 0 Å². The Morgan fingerprint density at radius 2 is 2.38 bits per heavy atom. The molecule has 0 saturated carbocycles. The average Bonchev–Trinajstić information content (AvgIpc) is 2.19. The molecule has 0 unspecified atom stereocenters. The predicted molar refractivity (Wildman–Crippen MR) is 69.0 cm³/mol. The van der Waals surface area contributed by atoms with Crippen LogP contribution in [0.5, 0.6) is 0 Å². The second-order valence-corrected chi connectivity index (χ2v) is 4.85. The van der Waals surface area contributed by atoms with Crippen LogP contribution < -0.4 is 10.6 Å². The van der Waals surface area contributed by atoms with Gasteiger partial charge >= 0.3 is 6.09 Å². The van der Waals surface area contributed by atoms with Gasteiger partial charge in [0.15, 0.2) is 0 Å². The van der Waals surface area contributed by atoms with Gasteiger partial charge < -0.3 is 15.7 Å². The molecular formula is C10H9BrN2O2S. The van der Waals surface area contributed by atoms with Crippen LogP contribution in [-0.4, -0.2) is 22.2 Å². The Morgan fingerprint density at radius 3 is 3.06 bits per heavy atom. The van der Waals surface area contributed by atoms with E-state index in [2.05, 4.69) is 26.6 Å². The summed E-state index contributed by atoms with van der Waals surface area (Å²) in [5, 5.41) is 14.1. The molecule has 3 N–H and O–H groups in total. The summed E-state index contributed by atoms with van der Waals surface area (Å²) in [6, 6.07) is 5.44. The van der Waals surface area contributed by atoms with E-state index >= 15 is 0 Å². The first kappa shape index (κ1) is 11.3. The van der Waals surface area contributed by atoms with Crippen molar-refractivity contribution in [2.24, 2.45) is 0 Å². The first-order valence-electron chi connectivity index (χ1n) is 4.65. The second kappa shape index (κ2) is 4.39. The number of halogens is 1. The van der Waals surface area contributed by atoms with Gasteiger partial charge in [0.05, 0.1) is 6.04 Å². The van der Waals surface area contributed by atoms with E-state index in [0.29, 0.717) is 11.4 Å². The third kappa shape index (κ3) is 2.33. The normalized spacial score (nSPS) is 18.6. The van der Waals surface area contributed by atoms with Crippen molar-refractivity contribution < 1.29 is 9.90 Å². The molecule has 2 rings (SSSR count). The summed E-state index contributed by atoms with van der Waals surface area (Å²) in [6.45, 7) is 0. The second-order valence-electron chi connectivity index (χ2n) is 3.50. The summed E-state index contributed by atoms with van der Waals surface area (Å²) in [7, 11) is 0. The Bertz CT molecular complexity index is 464. The van der Waals surface area contributed by atoms with Gasteiger partial charge in [0.1, 0.15) is 4.99 Å². The molecule has 1 aliphatic rings. The van der Waals surface area contributed by atoms with Crippen LogP contribution >= 0.6 is 28.1 Å². The van der Waals surface area contributed by atoms with E-state index in [0.717, 1.165) is 15.7 Å². The molecule has 0 saturated heterocycles. The number of thiocarbonyl (C=S) groups is 1. The van der Waals surface area contributed by atoms with E-state index in [9.17, 15) is 4.79 Å². The Morgan fingerprint density at radius 1 is 1.62 bits per heavy atom. The van der Waals surface area contributed by atoms with Crippen LogP contribution in [0.3, 0.4) is 0 Å². The van der Waals surface area contributed by atoms with Crippen molar-refractivity contribution in [2.45, 2.75) is 12.5 Å². The van der Waals surface area contributed by atoms with Gasteiger partial charge in [-0.05, 0) is 23.8 Å². The van der Waals surface area contributed by atoms with Gasteiger partial charge in [-0.25, -0.2) is 4.79 Å². The van der Waals surface area contributed by atoms with Crippen LogP contribution in [0.2, 0.25) is 0 Å². The minimum atomic E-state index is -1.06. The van der Waals surface area contributed by atoms with Crippen molar-refractivity contribution >= 4 is 44.9 Å². The zero-order valence-electron chi connectivity index (χ0n) is 8.16. The highest BCUT2D eigenvalue weighted by Gasteiger charge is 2.24. The van der Waals surface area contributed by atoms with Crippen molar-refractivity contribution in [1.82, 2.24) is 5.32 Å². The third-order valence-electron chi connectivity index (χ3n) is 2.36. The lowest BCUT2D eigenvalue weighted by atomic mass is 10.00. The number of hydrogen-bond donors (Lipinski definition) is 3. The lowest BCUT2D eigenvalue weighted by Crippen LogP contribution is -2.46. The first-order valence-corrected chi connectivity index (χ1v) is 5.85. The van der Waals surface area contributed by atoms with Gasteiger partial charge in [0.25, 0.3) is 0 Å². The van der Waals surface area contributed by atoms with Crippen LogP contribution in [0.25, 0.3) is 0 Å². The number of nitrogens with one attached hydrogen (secondary N) is 2. The minimum absolute atomic E-state index is 0.353. The maximum Gasteiger partial charge on any atom is 0.405 e. The molecule has 16 heavy (non-hydrogen) atoms. The molecule has 1 amide bonds. The van der Waals surface area contributed by atoms with E-state index in [4.69, 9.17) is 17.3 Å². The Kier molecular flexibility index (Phi) is 3.11. The molecule has 0 fully saturated rings. The zero-order valence-corrected chi connectivity index (χ0v) is 10.6. The highest BCUT2D eigenvalue weighted by Crippen LogP contribution is 2.26. The first-order chi connectivity index (χ1) is 7.56. The molecule has 0 spiro atoms. The van der Waals surface area contributed by atoms with Crippen LogP contribution in [0.1, 0.15) is 5.56 Å². The van der Waals surface area contributed by atoms with Gasteiger partial charge in [0.2, 0.25) is 0 Å². The number of carbonyl (C=O) groups is 1. The monoisotopic (exact) mass is 300 g/mol. The van der Waals surface area contributed by atoms with Crippen LogP contribution in [-0.2, 0) is 6.42 Å². The van der Waals surface area contributed by atoms with Gasteiger partial charge in [-0.1, -0.05) is 28.1 Å². The lowest BCUT2D eigenvalue weighted by molar-refractivity contribution is 0.192. The fraction of sp³-hybridized carbons (Fsp3) is 0.200. The summed E-state index contributed by atoms with van der Waals surface area (Å²) < 4.78 is 0.968. The number of carboxylic acid groups (broad SMARTS) is 1. The fourth-order valence-corrected chi connectivity index (χ4v) is 2.31. The number of anilines is 1. The molecule has 0 bridgehead atoms. The lowest BCUT2D eigenvalue weighted by Gasteiger charge is -2.26. The van der Waals surface area contributed by atoms with Gasteiger partial charge in [-0.15, -0.1) is 0 Å². The quantitative estimate of drug-likeness (QED) is 0.697. The fourth-order valence-electron chi connectivity index (χ4n) is 1.65. The van der Waals surface area contributed by atoms with Crippen molar-refractivity contribution in [2.75, 3.05) is 5.32 Å². The summed E-state index contributed by atoms with van der Waals surface area (Å²) in [6.07, 6.45) is -0.486. The van der Waals surface area contributed by atoms with E-state index < -0.39 is 6.09 Å². The number of benzene rings is 1. The maximum atomic E-state index is 10.6. The van der Waals surface area contributed by atoms with E-state index in [1.54, 1.807) is 0 Å². The molecule has 84 valence electrons. The van der Waals surface area contributed by atoms with Crippen molar-refractivity contribution in [3.63, 3.8) is 0 Å². The third-order valence-corrected chi connectivity index (χ3v) is 3.24. The van der Waals surface area contributed by atoms with Crippen molar-refractivity contribution in [3.05, 3.63) is 28.2 Å². The molecule has 0 aliphatic carbocycles. The maximum absolute atomic E-state index is 10.6. The van der Waals surface area contributed by atoms with E-state index in [-0.39, 0.29) is 6.04 Å².